The smallest absolute Gasteiger partial charge is 0.330 e. The third-order valence-corrected chi connectivity index (χ3v) is 4.79. The maximum Gasteiger partial charge on any atom is 0.330 e. The van der Waals surface area contributed by atoms with Crippen LogP contribution in [-0.4, -0.2) is 46.0 Å². The molecule has 23 heavy (non-hydrogen) atoms. The van der Waals surface area contributed by atoms with E-state index in [4.69, 9.17) is 4.74 Å². The van der Waals surface area contributed by atoms with Crippen molar-refractivity contribution in [2.45, 2.75) is 45.8 Å². The molecule has 0 saturated heterocycles. The number of aliphatic carboxylic acids is 1. The number of aromatic nitrogens is 1. The number of ketones is 1. The molecule has 0 radical (unpaired) electrons. The van der Waals surface area contributed by atoms with Crippen LogP contribution in [0.3, 0.4) is 0 Å². The molecule has 1 aliphatic rings. The molecule has 1 saturated carbocycles. The number of H-pyrrole nitrogens is 1. The van der Waals surface area contributed by atoms with Crippen molar-refractivity contribution in [1.82, 2.24) is 10.3 Å². The van der Waals surface area contributed by atoms with Crippen LogP contribution in [0, 0.1) is 5.41 Å². The molecule has 2 unspecified atom stereocenters. The molecule has 2 atom stereocenters. The summed E-state index contributed by atoms with van der Waals surface area (Å²) < 4.78 is 5.55. The van der Waals surface area contributed by atoms with Gasteiger partial charge in [-0.15, -0.1) is 0 Å². The molecule has 1 fully saturated rings. The zero-order valence-electron chi connectivity index (χ0n) is 13.7. The summed E-state index contributed by atoms with van der Waals surface area (Å²) in [7, 11) is 0. The number of carboxylic acid groups (broad SMARTS) is 1. The predicted octanol–water partition coefficient (Wildman–Crippen LogP) is 1.61. The lowest BCUT2D eigenvalue weighted by Gasteiger charge is -2.58. The molecule has 0 aromatic carbocycles. The van der Waals surface area contributed by atoms with E-state index in [1.807, 2.05) is 6.92 Å². The third kappa shape index (κ3) is 2.65. The van der Waals surface area contributed by atoms with E-state index in [0.29, 0.717) is 12.2 Å². The van der Waals surface area contributed by atoms with Crippen molar-refractivity contribution in [3.05, 3.63) is 23.5 Å². The summed E-state index contributed by atoms with van der Waals surface area (Å²) >= 11 is 0. The number of amides is 1. The molecule has 7 heteroatoms. The van der Waals surface area contributed by atoms with Crippen LogP contribution in [0.2, 0.25) is 0 Å². The Kier molecular flexibility index (Phi) is 4.34. The SMILES string of the molecule is CCOC1CC(NC(=O)c2cc(C(C)=O)c[nH]2)(C(=O)O)C1(C)C. The van der Waals surface area contributed by atoms with Crippen molar-refractivity contribution in [2.24, 2.45) is 5.41 Å². The Morgan fingerprint density at radius 1 is 1.43 bits per heavy atom. The van der Waals surface area contributed by atoms with E-state index >= 15 is 0 Å². The molecule has 1 aromatic rings. The molecular weight excluding hydrogens is 300 g/mol. The highest BCUT2D eigenvalue weighted by Gasteiger charge is 2.66. The Morgan fingerprint density at radius 3 is 2.52 bits per heavy atom. The largest absolute Gasteiger partial charge is 0.479 e. The molecule has 1 aliphatic carbocycles. The fraction of sp³-hybridized carbons (Fsp3) is 0.562. The molecule has 1 heterocycles. The number of nitrogens with one attached hydrogen (secondary N) is 2. The Labute approximate surface area is 134 Å². The van der Waals surface area contributed by atoms with Gasteiger partial charge in [-0.2, -0.15) is 0 Å². The fourth-order valence-corrected chi connectivity index (χ4v) is 3.03. The summed E-state index contributed by atoms with van der Waals surface area (Å²) in [5, 5.41) is 12.3. The van der Waals surface area contributed by atoms with Crippen molar-refractivity contribution in [3.63, 3.8) is 0 Å². The second kappa shape index (κ2) is 5.81. The first-order valence-corrected chi connectivity index (χ1v) is 7.52. The number of Topliss-reactive ketones (excluding diaryl/α,β-unsaturated/α-hetero) is 1. The summed E-state index contributed by atoms with van der Waals surface area (Å²) in [6.07, 6.45) is 1.40. The number of rotatable bonds is 6. The highest BCUT2D eigenvalue weighted by atomic mass is 16.5. The van der Waals surface area contributed by atoms with Gasteiger partial charge in [-0.3, -0.25) is 9.59 Å². The second-order valence-corrected chi connectivity index (χ2v) is 6.39. The highest BCUT2D eigenvalue weighted by molar-refractivity contribution is 6.01. The van der Waals surface area contributed by atoms with Gasteiger partial charge in [-0.25, -0.2) is 4.79 Å². The summed E-state index contributed by atoms with van der Waals surface area (Å²) in [6, 6.07) is 1.42. The van der Waals surface area contributed by atoms with Gasteiger partial charge in [0, 0.05) is 30.2 Å². The van der Waals surface area contributed by atoms with Gasteiger partial charge in [0.25, 0.3) is 5.91 Å². The van der Waals surface area contributed by atoms with Crippen molar-refractivity contribution in [3.8, 4) is 0 Å². The maximum absolute atomic E-state index is 12.4. The van der Waals surface area contributed by atoms with Crippen LogP contribution in [0.15, 0.2) is 12.3 Å². The minimum atomic E-state index is -1.40. The van der Waals surface area contributed by atoms with E-state index in [9.17, 15) is 19.5 Å². The maximum atomic E-state index is 12.4. The number of hydrogen-bond acceptors (Lipinski definition) is 4. The van der Waals surface area contributed by atoms with Gasteiger partial charge in [-0.05, 0) is 19.9 Å². The van der Waals surface area contributed by atoms with Gasteiger partial charge >= 0.3 is 5.97 Å². The van der Waals surface area contributed by atoms with Crippen LogP contribution >= 0.6 is 0 Å². The fourth-order valence-electron chi connectivity index (χ4n) is 3.03. The lowest BCUT2D eigenvalue weighted by molar-refractivity contribution is -0.190. The van der Waals surface area contributed by atoms with E-state index in [1.54, 1.807) is 13.8 Å². The highest BCUT2D eigenvalue weighted by Crippen LogP contribution is 2.51. The Bertz CT molecular complexity index is 649. The first-order valence-electron chi connectivity index (χ1n) is 7.52. The van der Waals surface area contributed by atoms with Crippen molar-refractivity contribution in [1.29, 1.82) is 0 Å². The molecule has 0 aliphatic heterocycles. The molecule has 3 N–H and O–H groups in total. The topological polar surface area (TPSA) is 108 Å². The first kappa shape index (κ1) is 17.2. The molecule has 126 valence electrons. The summed E-state index contributed by atoms with van der Waals surface area (Å²) in [6.45, 7) is 7.25. The summed E-state index contributed by atoms with van der Waals surface area (Å²) in [4.78, 5) is 38.2. The van der Waals surface area contributed by atoms with Crippen molar-refractivity contribution >= 4 is 17.7 Å². The minimum Gasteiger partial charge on any atom is -0.479 e. The van der Waals surface area contributed by atoms with E-state index in [1.165, 1.54) is 19.2 Å². The van der Waals surface area contributed by atoms with Crippen LogP contribution in [0.1, 0.15) is 55.0 Å². The van der Waals surface area contributed by atoms with Crippen LogP contribution < -0.4 is 5.32 Å². The van der Waals surface area contributed by atoms with Crippen LogP contribution in [0.5, 0.6) is 0 Å². The zero-order valence-corrected chi connectivity index (χ0v) is 13.7. The van der Waals surface area contributed by atoms with Gasteiger partial charge in [0.05, 0.1) is 6.10 Å². The molecule has 7 nitrogen and oxygen atoms in total. The van der Waals surface area contributed by atoms with Crippen LogP contribution in [0.4, 0.5) is 0 Å². The van der Waals surface area contributed by atoms with E-state index in [0.717, 1.165) is 0 Å². The van der Waals surface area contributed by atoms with E-state index < -0.39 is 22.8 Å². The van der Waals surface area contributed by atoms with Gasteiger partial charge in [0.2, 0.25) is 0 Å². The summed E-state index contributed by atoms with van der Waals surface area (Å²) in [5.74, 6) is -1.82. The van der Waals surface area contributed by atoms with Crippen LogP contribution in [-0.2, 0) is 9.53 Å². The quantitative estimate of drug-likeness (QED) is 0.689. The number of ether oxygens (including phenoxy) is 1. The lowest BCUT2D eigenvalue weighted by atomic mass is 9.54. The van der Waals surface area contributed by atoms with Gasteiger partial charge in [0.1, 0.15) is 11.2 Å². The average Bonchev–Trinajstić information content (AvgIpc) is 2.95. The standard InChI is InChI=1S/C16H22N2O5/c1-5-23-12-7-16(14(21)22,15(12,3)4)18-13(20)11-6-10(8-17-11)9(2)19/h6,8,12,17H,5,7H2,1-4H3,(H,18,20)(H,21,22). The molecule has 1 aromatic heterocycles. The van der Waals surface area contributed by atoms with Crippen LogP contribution in [0.25, 0.3) is 0 Å². The number of carbonyl (C=O) groups is 3. The van der Waals surface area contributed by atoms with Crippen molar-refractivity contribution in [2.75, 3.05) is 6.61 Å². The van der Waals surface area contributed by atoms with Crippen molar-refractivity contribution < 1.29 is 24.2 Å². The Hall–Kier alpha value is -2.15. The van der Waals surface area contributed by atoms with Gasteiger partial charge in [0.15, 0.2) is 5.78 Å². The number of carboxylic acids is 1. The average molecular weight is 322 g/mol. The molecule has 0 bridgehead atoms. The minimum absolute atomic E-state index is 0.159. The van der Waals surface area contributed by atoms with Gasteiger partial charge < -0.3 is 20.1 Å². The number of aromatic amines is 1. The third-order valence-electron chi connectivity index (χ3n) is 4.79. The zero-order chi connectivity index (χ0) is 17.4. The monoisotopic (exact) mass is 322 g/mol. The molecule has 2 rings (SSSR count). The lowest BCUT2D eigenvalue weighted by Crippen LogP contribution is -2.76. The van der Waals surface area contributed by atoms with Gasteiger partial charge in [-0.1, -0.05) is 13.8 Å². The molecule has 1 amide bonds. The molecular formula is C16H22N2O5. The Balaban J connectivity index is 2.22. The normalized spacial score (nSPS) is 25.5. The summed E-state index contributed by atoms with van der Waals surface area (Å²) in [5.41, 5.74) is -1.61. The number of carbonyl (C=O) groups excluding carboxylic acids is 2. The van der Waals surface area contributed by atoms with E-state index in [-0.39, 0.29) is 24.0 Å². The number of hydrogen-bond donors (Lipinski definition) is 3. The predicted molar refractivity (Wildman–Crippen MR) is 82.4 cm³/mol. The van der Waals surface area contributed by atoms with E-state index in [2.05, 4.69) is 10.3 Å². The molecule has 0 spiro atoms. The first-order chi connectivity index (χ1) is 10.7. The Morgan fingerprint density at radius 2 is 2.09 bits per heavy atom. The second-order valence-electron chi connectivity index (χ2n) is 6.39.